The van der Waals surface area contributed by atoms with Crippen LogP contribution in [0.1, 0.15) is 12.0 Å². The van der Waals surface area contributed by atoms with E-state index in [4.69, 9.17) is 11.6 Å². The van der Waals surface area contributed by atoms with E-state index in [-0.39, 0.29) is 24.4 Å². The molecule has 0 N–H and O–H groups in total. The number of amides is 1. The van der Waals surface area contributed by atoms with Crippen molar-refractivity contribution in [3.8, 4) is 0 Å². The second-order valence-electron chi connectivity index (χ2n) is 7.18. The van der Waals surface area contributed by atoms with Crippen LogP contribution < -0.4 is 10.5 Å². The normalized spacial score (nSPS) is 14.4. The SMILES string of the molecule is Cc1ccc(Cl)cc1N1CCN(C(=O)CCn2nnc3ccccc3c2=O)CC1. The summed E-state index contributed by atoms with van der Waals surface area (Å²) >= 11 is 6.13. The summed E-state index contributed by atoms with van der Waals surface area (Å²) in [7, 11) is 0. The Morgan fingerprint density at radius 3 is 2.66 bits per heavy atom. The standard InChI is InChI=1S/C21H22ClN5O2/c1-15-6-7-16(22)14-19(15)25-10-12-26(13-11-25)20(28)8-9-27-21(29)17-4-2-3-5-18(17)23-24-27/h2-7,14H,8-13H2,1H3. The first-order valence-electron chi connectivity index (χ1n) is 9.64. The monoisotopic (exact) mass is 411 g/mol. The highest BCUT2D eigenvalue weighted by molar-refractivity contribution is 6.30. The van der Waals surface area contributed by atoms with Gasteiger partial charge in [0.25, 0.3) is 5.56 Å². The summed E-state index contributed by atoms with van der Waals surface area (Å²) in [5.74, 6) is 0.0225. The van der Waals surface area contributed by atoms with Gasteiger partial charge in [0.1, 0.15) is 5.52 Å². The minimum atomic E-state index is -0.218. The van der Waals surface area contributed by atoms with E-state index in [1.807, 2.05) is 29.2 Å². The third-order valence-electron chi connectivity index (χ3n) is 5.31. The number of rotatable bonds is 4. The Kier molecular flexibility index (Phi) is 5.49. The van der Waals surface area contributed by atoms with Gasteiger partial charge in [-0.05, 0) is 36.8 Å². The van der Waals surface area contributed by atoms with E-state index in [1.165, 1.54) is 10.2 Å². The number of nitrogens with zero attached hydrogens (tertiary/aromatic N) is 5. The number of aryl methyl sites for hydroxylation is 2. The lowest BCUT2D eigenvalue weighted by Gasteiger charge is -2.37. The van der Waals surface area contributed by atoms with Gasteiger partial charge in [-0.25, -0.2) is 4.68 Å². The topological polar surface area (TPSA) is 71.3 Å². The molecule has 4 rings (SSSR count). The van der Waals surface area contributed by atoms with Crippen LogP contribution in [0.2, 0.25) is 5.02 Å². The van der Waals surface area contributed by atoms with Gasteiger partial charge in [-0.1, -0.05) is 35.0 Å². The van der Waals surface area contributed by atoms with E-state index in [9.17, 15) is 9.59 Å². The van der Waals surface area contributed by atoms with Crippen molar-refractivity contribution in [2.24, 2.45) is 0 Å². The fraction of sp³-hybridized carbons (Fsp3) is 0.333. The van der Waals surface area contributed by atoms with Crippen molar-refractivity contribution in [3.05, 3.63) is 63.4 Å². The number of halogens is 1. The van der Waals surface area contributed by atoms with Crippen LogP contribution in [0.3, 0.4) is 0 Å². The molecule has 1 aromatic heterocycles. The molecule has 2 aromatic carbocycles. The Hall–Kier alpha value is -2.93. The molecule has 0 saturated carbocycles. The predicted molar refractivity (Wildman–Crippen MR) is 113 cm³/mol. The van der Waals surface area contributed by atoms with E-state index in [0.717, 1.165) is 18.8 Å². The maximum absolute atomic E-state index is 12.6. The molecule has 1 aliphatic rings. The highest BCUT2D eigenvalue weighted by Crippen LogP contribution is 2.25. The van der Waals surface area contributed by atoms with Crippen molar-refractivity contribution in [1.82, 2.24) is 19.9 Å². The number of hydrogen-bond acceptors (Lipinski definition) is 5. The summed E-state index contributed by atoms with van der Waals surface area (Å²) in [5, 5.41) is 9.25. The smallest absolute Gasteiger partial charge is 0.277 e. The molecule has 7 nitrogen and oxygen atoms in total. The van der Waals surface area contributed by atoms with Gasteiger partial charge >= 0.3 is 0 Å². The number of carbonyl (C=O) groups excluding carboxylic acids is 1. The highest BCUT2D eigenvalue weighted by atomic mass is 35.5. The second kappa shape index (κ2) is 8.21. The van der Waals surface area contributed by atoms with Gasteiger partial charge in [0, 0.05) is 43.3 Å². The number of benzene rings is 2. The van der Waals surface area contributed by atoms with Crippen LogP contribution in [0, 0.1) is 6.92 Å². The van der Waals surface area contributed by atoms with Gasteiger partial charge in [-0.15, -0.1) is 5.10 Å². The Morgan fingerprint density at radius 1 is 1.10 bits per heavy atom. The summed E-state index contributed by atoms with van der Waals surface area (Å²) in [6.45, 7) is 5.08. The zero-order valence-corrected chi connectivity index (χ0v) is 17.0. The summed E-state index contributed by atoms with van der Waals surface area (Å²) in [5.41, 5.74) is 2.63. The molecule has 29 heavy (non-hydrogen) atoms. The van der Waals surface area contributed by atoms with Gasteiger partial charge in [0.15, 0.2) is 0 Å². The van der Waals surface area contributed by atoms with Crippen molar-refractivity contribution < 1.29 is 4.79 Å². The molecule has 0 spiro atoms. The molecular formula is C21H22ClN5O2. The van der Waals surface area contributed by atoms with Crippen molar-refractivity contribution in [2.45, 2.75) is 19.9 Å². The van der Waals surface area contributed by atoms with Gasteiger partial charge in [0.2, 0.25) is 5.91 Å². The van der Waals surface area contributed by atoms with Crippen molar-refractivity contribution in [3.63, 3.8) is 0 Å². The molecule has 0 atom stereocenters. The molecule has 0 bridgehead atoms. The quantitative estimate of drug-likeness (QED) is 0.659. The lowest BCUT2D eigenvalue weighted by Crippen LogP contribution is -2.49. The van der Waals surface area contributed by atoms with Crippen LogP contribution in [-0.2, 0) is 11.3 Å². The molecule has 0 radical (unpaired) electrons. The number of carbonyl (C=O) groups is 1. The van der Waals surface area contributed by atoms with Crippen molar-refractivity contribution in [1.29, 1.82) is 0 Å². The minimum Gasteiger partial charge on any atom is -0.368 e. The van der Waals surface area contributed by atoms with Crippen LogP contribution in [0.15, 0.2) is 47.3 Å². The molecule has 2 heterocycles. The van der Waals surface area contributed by atoms with Gasteiger partial charge in [-0.3, -0.25) is 9.59 Å². The number of hydrogen-bond donors (Lipinski definition) is 0. The van der Waals surface area contributed by atoms with Crippen molar-refractivity contribution in [2.75, 3.05) is 31.1 Å². The van der Waals surface area contributed by atoms with E-state index in [2.05, 4.69) is 22.1 Å². The van der Waals surface area contributed by atoms with Gasteiger partial charge in [0.05, 0.1) is 11.9 Å². The lowest BCUT2D eigenvalue weighted by molar-refractivity contribution is -0.131. The maximum Gasteiger partial charge on any atom is 0.277 e. The Morgan fingerprint density at radius 2 is 1.86 bits per heavy atom. The second-order valence-corrected chi connectivity index (χ2v) is 7.62. The predicted octanol–water partition coefficient (Wildman–Crippen LogP) is 2.49. The van der Waals surface area contributed by atoms with E-state index in [0.29, 0.717) is 29.0 Å². The highest BCUT2D eigenvalue weighted by Gasteiger charge is 2.22. The summed E-state index contributed by atoms with van der Waals surface area (Å²) in [6, 6.07) is 13.0. The lowest BCUT2D eigenvalue weighted by atomic mass is 10.1. The Bertz CT molecular complexity index is 1110. The molecule has 1 fully saturated rings. The van der Waals surface area contributed by atoms with Crippen molar-refractivity contribution >= 4 is 34.1 Å². The molecule has 0 aliphatic carbocycles. The first-order valence-corrected chi connectivity index (χ1v) is 10.0. The first kappa shape index (κ1) is 19.4. The van der Waals surface area contributed by atoms with Crippen LogP contribution in [0.4, 0.5) is 5.69 Å². The zero-order valence-electron chi connectivity index (χ0n) is 16.2. The number of piperazine rings is 1. The molecule has 1 amide bonds. The van der Waals surface area contributed by atoms with Crippen LogP contribution in [0.25, 0.3) is 10.9 Å². The third-order valence-corrected chi connectivity index (χ3v) is 5.55. The molecule has 8 heteroatoms. The first-order chi connectivity index (χ1) is 14.0. The van der Waals surface area contributed by atoms with Crippen LogP contribution in [0.5, 0.6) is 0 Å². The maximum atomic E-state index is 12.6. The summed E-state index contributed by atoms with van der Waals surface area (Å²) in [4.78, 5) is 29.2. The molecule has 3 aromatic rings. The molecule has 150 valence electrons. The minimum absolute atomic E-state index is 0.0225. The number of anilines is 1. The van der Waals surface area contributed by atoms with E-state index >= 15 is 0 Å². The molecular weight excluding hydrogens is 390 g/mol. The molecule has 1 saturated heterocycles. The van der Waals surface area contributed by atoms with Gasteiger partial charge in [-0.2, -0.15) is 0 Å². The average molecular weight is 412 g/mol. The summed E-state index contributed by atoms with van der Waals surface area (Å²) < 4.78 is 1.27. The number of fused-ring (bicyclic) bond motifs is 1. The third kappa shape index (κ3) is 4.10. The van der Waals surface area contributed by atoms with Gasteiger partial charge < -0.3 is 9.80 Å². The fourth-order valence-corrected chi connectivity index (χ4v) is 3.82. The van der Waals surface area contributed by atoms with E-state index in [1.54, 1.807) is 18.2 Å². The summed E-state index contributed by atoms with van der Waals surface area (Å²) in [6.07, 6.45) is 0.225. The zero-order chi connectivity index (χ0) is 20.4. The van der Waals surface area contributed by atoms with Crippen LogP contribution in [-0.4, -0.2) is 52.0 Å². The fourth-order valence-electron chi connectivity index (χ4n) is 3.65. The molecule has 1 aliphatic heterocycles. The Labute approximate surface area is 173 Å². The average Bonchev–Trinajstić information content (AvgIpc) is 2.75. The molecule has 0 unspecified atom stereocenters. The largest absolute Gasteiger partial charge is 0.368 e. The van der Waals surface area contributed by atoms with Crippen LogP contribution >= 0.6 is 11.6 Å². The Balaban J connectivity index is 1.36. The number of aromatic nitrogens is 3. The van der Waals surface area contributed by atoms with E-state index < -0.39 is 0 Å².